The fraction of sp³-hybridized carbons (Fsp3) is 0.111. The SMILES string of the molecule is Cc1ccccc1-n1ccnc1SCC(=O)Nc1ccc(F)cc1. The van der Waals surface area contributed by atoms with Crippen molar-refractivity contribution in [1.29, 1.82) is 0 Å². The highest BCUT2D eigenvalue weighted by atomic mass is 32.2. The van der Waals surface area contributed by atoms with Gasteiger partial charge in [0.1, 0.15) is 5.82 Å². The molecule has 3 aromatic rings. The first-order valence-electron chi connectivity index (χ1n) is 7.41. The second-order valence-electron chi connectivity index (χ2n) is 5.21. The molecule has 0 bridgehead atoms. The van der Waals surface area contributed by atoms with Crippen LogP contribution in [0.5, 0.6) is 0 Å². The third-order valence-corrected chi connectivity index (χ3v) is 4.41. The van der Waals surface area contributed by atoms with Crippen LogP contribution in [0.15, 0.2) is 66.1 Å². The van der Waals surface area contributed by atoms with Crippen LogP contribution in [0, 0.1) is 12.7 Å². The van der Waals surface area contributed by atoms with Crippen LogP contribution in [0.25, 0.3) is 5.69 Å². The summed E-state index contributed by atoms with van der Waals surface area (Å²) in [5.41, 5.74) is 2.74. The number of aromatic nitrogens is 2. The molecule has 0 unspecified atom stereocenters. The van der Waals surface area contributed by atoms with Crippen molar-refractivity contribution in [1.82, 2.24) is 9.55 Å². The lowest BCUT2D eigenvalue weighted by molar-refractivity contribution is -0.113. The zero-order valence-corrected chi connectivity index (χ0v) is 13.9. The number of aryl methyl sites for hydroxylation is 1. The van der Waals surface area contributed by atoms with Crippen molar-refractivity contribution in [3.8, 4) is 5.69 Å². The Kier molecular flexibility index (Phi) is 4.96. The van der Waals surface area contributed by atoms with Gasteiger partial charge in [-0.25, -0.2) is 9.37 Å². The van der Waals surface area contributed by atoms with E-state index in [1.807, 2.05) is 42.0 Å². The van der Waals surface area contributed by atoms with Gasteiger partial charge in [0.25, 0.3) is 0 Å². The maximum Gasteiger partial charge on any atom is 0.234 e. The van der Waals surface area contributed by atoms with Crippen molar-refractivity contribution in [2.45, 2.75) is 12.1 Å². The van der Waals surface area contributed by atoms with Crippen molar-refractivity contribution in [3.05, 3.63) is 72.3 Å². The van der Waals surface area contributed by atoms with E-state index in [2.05, 4.69) is 10.3 Å². The smallest absolute Gasteiger partial charge is 0.234 e. The fourth-order valence-corrected chi connectivity index (χ4v) is 3.04. The molecular weight excluding hydrogens is 325 g/mol. The Morgan fingerprint density at radius 3 is 2.71 bits per heavy atom. The predicted molar refractivity (Wildman–Crippen MR) is 94.1 cm³/mol. The molecule has 4 nitrogen and oxygen atoms in total. The fourth-order valence-electron chi connectivity index (χ4n) is 2.27. The molecule has 0 atom stereocenters. The average molecular weight is 341 g/mol. The van der Waals surface area contributed by atoms with Gasteiger partial charge in [-0.2, -0.15) is 0 Å². The first-order valence-corrected chi connectivity index (χ1v) is 8.39. The highest BCUT2D eigenvalue weighted by Gasteiger charge is 2.10. The third-order valence-electron chi connectivity index (χ3n) is 3.44. The van der Waals surface area contributed by atoms with Crippen LogP contribution < -0.4 is 5.32 Å². The van der Waals surface area contributed by atoms with Crippen LogP contribution in [0.4, 0.5) is 10.1 Å². The number of para-hydroxylation sites is 1. The van der Waals surface area contributed by atoms with Gasteiger partial charge in [-0.1, -0.05) is 30.0 Å². The molecule has 1 amide bonds. The number of rotatable bonds is 5. The number of nitrogens with one attached hydrogen (secondary N) is 1. The molecule has 2 aromatic carbocycles. The number of hydrogen-bond donors (Lipinski definition) is 1. The topological polar surface area (TPSA) is 46.9 Å². The van der Waals surface area contributed by atoms with E-state index in [0.29, 0.717) is 5.69 Å². The van der Waals surface area contributed by atoms with Crippen molar-refractivity contribution in [3.63, 3.8) is 0 Å². The van der Waals surface area contributed by atoms with Crippen molar-refractivity contribution in [2.75, 3.05) is 11.1 Å². The number of amides is 1. The van der Waals surface area contributed by atoms with Gasteiger partial charge in [0, 0.05) is 18.1 Å². The van der Waals surface area contributed by atoms with E-state index in [4.69, 9.17) is 0 Å². The summed E-state index contributed by atoms with van der Waals surface area (Å²) in [6, 6.07) is 13.7. The van der Waals surface area contributed by atoms with Crippen LogP contribution in [0.2, 0.25) is 0 Å². The third kappa shape index (κ3) is 3.83. The number of nitrogens with zero attached hydrogens (tertiary/aromatic N) is 2. The van der Waals surface area contributed by atoms with Gasteiger partial charge in [0.05, 0.1) is 11.4 Å². The maximum atomic E-state index is 12.9. The lowest BCUT2D eigenvalue weighted by Gasteiger charge is -2.10. The highest BCUT2D eigenvalue weighted by molar-refractivity contribution is 7.99. The number of benzene rings is 2. The van der Waals surface area contributed by atoms with Gasteiger partial charge in [-0.05, 0) is 42.8 Å². The van der Waals surface area contributed by atoms with Gasteiger partial charge in [-0.3, -0.25) is 9.36 Å². The lowest BCUT2D eigenvalue weighted by Crippen LogP contribution is -2.14. The van der Waals surface area contributed by atoms with Crippen LogP contribution in [0.3, 0.4) is 0 Å². The Hall–Kier alpha value is -2.60. The number of hydrogen-bond acceptors (Lipinski definition) is 3. The molecule has 0 saturated carbocycles. The minimum absolute atomic E-state index is 0.161. The molecule has 1 N–H and O–H groups in total. The van der Waals surface area contributed by atoms with E-state index < -0.39 is 0 Å². The van der Waals surface area contributed by atoms with Crippen molar-refractivity contribution in [2.24, 2.45) is 0 Å². The van der Waals surface area contributed by atoms with Gasteiger partial charge in [0.15, 0.2) is 5.16 Å². The van der Waals surface area contributed by atoms with E-state index in [1.165, 1.54) is 36.0 Å². The zero-order chi connectivity index (χ0) is 16.9. The van der Waals surface area contributed by atoms with E-state index >= 15 is 0 Å². The molecule has 0 saturated heterocycles. The first-order chi connectivity index (χ1) is 11.6. The molecule has 6 heteroatoms. The van der Waals surface area contributed by atoms with Crippen LogP contribution >= 0.6 is 11.8 Å². The Bertz CT molecular complexity index is 845. The monoisotopic (exact) mass is 341 g/mol. The van der Waals surface area contributed by atoms with Crippen molar-refractivity contribution >= 4 is 23.4 Å². The Morgan fingerprint density at radius 2 is 1.96 bits per heavy atom. The number of carbonyl (C=O) groups excluding carboxylic acids is 1. The number of anilines is 1. The van der Waals surface area contributed by atoms with Gasteiger partial charge in [-0.15, -0.1) is 0 Å². The summed E-state index contributed by atoms with van der Waals surface area (Å²) < 4.78 is 14.8. The van der Waals surface area contributed by atoms with Crippen LogP contribution in [-0.4, -0.2) is 21.2 Å². The van der Waals surface area contributed by atoms with E-state index in [1.54, 1.807) is 6.20 Å². The summed E-state index contributed by atoms with van der Waals surface area (Å²) in [5.74, 6) is -0.270. The van der Waals surface area contributed by atoms with Crippen LogP contribution in [-0.2, 0) is 4.79 Å². The molecule has 0 aliphatic heterocycles. The minimum atomic E-state index is -0.331. The summed E-state index contributed by atoms with van der Waals surface area (Å²) in [6.45, 7) is 2.03. The molecule has 0 fully saturated rings. The zero-order valence-electron chi connectivity index (χ0n) is 13.1. The Morgan fingerprint density at radius 1 is 1.21 bits per heavy atom. The number of imidazole rings is 1. The summed E-state index contributed by atoms with van der Waals surface area (Å²) in [4.78, 5) is 16.4. The van der Waals surface area contributed by atoms with E-state index in [9.17, 15) is 9.18 Å². The molecule has 122 valence electrons. The maximum absolute atomic E-state index is 12.9. The van der Waals surface area contributed by atoms with E-state index in [-0.39, 0.29) is 17.5 Å². The molecular formula is C18H16FN3OS. The molecule has 0 spiro atoms. The number of carbonyl (C=O) groups is 1. The summed E-state index contributed by atoms with van der Waals surface area (Å²) in [6.07, 6.45) is 3.59. The molecule has 0 radical (unpaired) electrons. The Balaban J connectivity index is 1.65. The van der Waals surface area contributed by atoms with Crippen LogP contribution in [0.1, 0.15) is 5.56 Å². The molecule has 0 aliphatic carbocycles. The normalized spacial score (nSPS) is 10.6. The van der Waals surface area contributed by atoms with Gasteiger partial charge < -0.3 is 5.32 Å². The van der Waals surface area contributed by atoms with Gasteiger partial charge >= 0.3 is 0 Å². The van der Waals surface area contributed by atoms with Gasteiger partial charge in [0.2, 0.25) is 5.91 Å². The number of thioether (sulfide) groups is 1. The average Bonchev–Trinajstić information content (AvgIpc) is 3.04. The quantitative estimate of drug-likeness (QED) is 0.712. The highest BCUT2D eigenvalue weighted by Crippen LogP contribution is 2.22. The minimum Gasteiger partial charge on any atom is -0.325 e. The standard InChI is InChI=1S/C18H16FN3OS/c1-13-4-2-3-5-16(13)22-11-10-20-18(22)24-12-17(23)21-15-8-6-14(19)7-9-15/h2-11H,12H2,1H3,(H,21,23). The molecule has 1 heterocycles. The molecule has 3 rings (SSSR count). The summed E-state index contributed by atoms with van der Waals surface area (Å²) in [7, 11) is 0. The molecule has 1 aromatic heterocycles. The number of halogens is 1. The lowest BCUT2D eigenvalue weighted by atomic mass is 10.2. The second kappa shape index (κ2) is 7.31. The summed E-state index contributed by atoms with van der Waals surface area (Å²) in [5, 5.41) is 3.49. The second-order valence-corrected chi connectivity index (χ2v) is 6.15. The first kappa shape index (κ1) is 16.3. The molecule has 24 heavy (non-hydrogen) atoms. The summed E-state index contributed by atoms with van der Waals surface area (Å²) >= 11 is 1.35. The predicted octanol–water partition coefficient (Wildman–Crippen LogP) is 4.05. The Labute approximate surface area is 143 Å². The largest absolute Gasteiger partial charge is 0.325 e. The van der Waals surface area contributed by atoms with E-state index in [0.717, 1.165) is 16.4 Å². The molecule has 0 aliphatic rings. The van der Waals surface area contributed by atoms with Crippen molar-refractivity contribution < 1.29 is 9.18 Å².